The molecule has 104 valence electrons. The van der Waals surface area contributed by atoms with Crippen LogP contribution in [0.5, 0.6) is 0 Å². The molecule has 5 nitrogen and oxygen atoms in total. The zero-order chi connectivity index (χ0) is 14.2. The molecule has 20 heavy (non-hydrogen) atoms. The van der Waals surface area contributed by atoms with Crippen molar-refractivity contribution in [3.05, 3.63) is 46.6 Å². The lowest BCUT2D eigenvalue weighted by atomic mass is 10.2. The topological polar surface area (TPSA) is 72.2 Å². The Labute approximate surface area is 124 Å². The number of halogens is 1. The zero-order valence-corrected chi connectivity index (χ0v) is 12.4. The molecule has 0 spiro atoms. The first-order valence-electron chi connectivity index (χ1n) is 5.62. The molecule has 2 heterocycles. The highest BCUT2D eigenvalue weighted by atomic mass is 35.5. The van der Waals surface area contributed by atoms with Gasteiger partial charge in [0.15, 0.2) is 12.0 Å². The van der Waals surface area contributed by atoms with E-state index in [-0.39, 0.29) is 10.8 Å². The first-order chi connectivity index (χ1) is 9.54. The predicted molar refractivity (Wildman–Crippen MR) is 77.4 cm³/mol. The van der Waals surface area contributed by atoms with E-state index in [1.165, 1.54) is 12.5 Å². The number of oxazole rings is 1. The SMILES string of the molecule is O=S(=O)(NCc1ccc2ncoc2c1)c1ccc(Cl)s1. The maximum absolute atomic E-state index is 12.0. The molecule has 0 aliphatic rings. The lowest BCUT2D eigenvalue weighted by Crippen LogP contribution is -2.22. The summed E-state index contributed by atoms with van der Waals surface area (Å²) in [6.45, 7) is 0.175. The van der Waals surface area contributed by atoms with Crippen molar-refractivity contribution < 1.29 is 12.8 Å². The molecule has 3 rings (SSSR count). The van der Waals surface area contributed by atoms with Gasteiger partial charge in [-0.05, 0) is 29.8 Å². The Morgan fingerprint density at radius 1 is 1.30 bits per heavy atom. The van der Waals surface area contributed by atoms with Crippen LogP contribution in [0.4, 0.5) is 0 Å². The summed E-state index contributed by atoms with van der Waals surface area (Å²) in [5, 5.41) is 0. The maximum atomic E-state index is 12.0. The van der Waals surface area contributed by atoms with Gasteiger partial charge in [-0.3, -0.25) is 0 Å². The Morgan fingerprint density at radius 3 is 2.90 bits per heavy atom. The van der Waals surface area contributed by atoms with Crippen LogP contribution in [0, 0.1) is 0 Å². The van der Waals surface area contributed by atoms with Gasteiger partial charge < -0.3 is 4.42 Å². The van der Waals surface area contributed by atoms with Gasteiger partial charge in [0, 0.05) is 6.54 Å². The van der Waals surface area contributed by atoms with Crippen molar-refractivity contribution in [2.45, 2.75) is 10.8 Å². The molecule has 0 amide bonds. The second-order valence-electron chi connectivity index (χ2n) is 4.04. The molecule has 0 bridgehead atoms. The fraction of sp³-hybridized carbons (Fsp3) is 0.0833. The third-order valence-electron chi connectivity index (χ3n) is 2.68. The molecule has 0 aliphatic carbocycles. The van der Waals surface area contributed by atoms with Gasteiger partial charge in [-0.25, -0.2) is 18.1 Å². The third-order valence-corrected chi connectivity index (χ3v) is 5.80. The van der Waals surface area contributed by atoms with E-state index in [1.54, 1.807) is 24.3 Å². The maximum Gasteiger partial charge on any atom is 0.250 e. The number of hydrogen-bond donors (Lipinski definition) is 1. The molecule has 0 fully saturated rings. The summed E-state index contributed by atoms with van der Waals surface area (Å²) in [5.74, 6) is 0. The van der Waals surface area contributed by atoms with Gasteiger partial charge in [-0.15, -0.1) is 11.3 Å². The largest absolute Gasteiger partial charge is 0.443 e. The minimum absolute atomic E-state index is 0.175. The average molecular weight is 329 g/mol. The van der Waals surface area contributed by atoms with Gasteiger partial charge in [0.1, 0.15) is 9.73 Å². The van der Waals surface area contributed by atoms with E-state index in [2.05, 4.69) is 9.71 Å². The molecular weight excluding hydrogens is 320 g/mol. The summed E-state index contributed by atoms with van der Waals surface area (Å²) < 4.78 is 32.4. The first-order valence-corrected chi connectivity index (χ1v) is 8.29. The third kappa shape index (κ3) is 2.71. The fourth-order valence-corrected chi connectivity index (χ4v) is 4.25. The van der Waals surface area contributed by atoms with Crippen LogP contribution in [0.1, 0.15) is 5.56 Å². The van der Waals surface area contributed by atoms with Crippen molar-refractivity contribution in [3.63, 3.8) is 0 Å². The van der Waals surface area contributed by atoms with Crippen LogP contribution in [0.25, 0.3) is 11.1 Å². The van der Waals surface area contributed by atoms with Crippen molar-refractivity contribution in [2.75, 3.05) is 0 Å². The number of fused-ring (bicyclic) bond motifs is 1. The molecule has 2 aromatic heterocycles. The van der Waals surface area contributed by atoms with Crippen LogP contribution in [0.2, 0.25) is 4.34 Å². The van der Waals surface area contributed by atoms with Crippen LogP contribution in [-0.2, 0) is 16.6 Å². The Morgan fingerprint density at radius 2 is 2.15 bits per heavy atom. The van der Waals surface area contributed by atoms with Crippen molar-refractivity contribution in [1.29, 1.82) is 0 Å². The highest BCUT2D eigenvalue weighted by Crippen LogP contribution is 2.25. The van der Waals surface area contributed by atoms with Crippen LogP contribution in [0.3, 0.4) is 0 Å². The highest BCUT2D eigenvalue weighted by molar-refractivity contribution is 7.91. The number of benzene rings is 1. The van der Waals surface area contributed by atoms with E-state index in [0.29, 0.717) is 9.92 Å². The monoisotopic (exact) mass is 328 g/mol. The number of aromatic nitrogens is 1. The summed E-state index contributed by atoms with van der Waals surface area (Å²) in [4.78, 5) is 4.00. The summed E-state index contributed by atoms with van der Waals surface area (Å²) in [5.41, 5.74) is 2.16. The quantitative estimate of drug-likeness (QED) is 0.799. The fourth-order valence-electron chi connectivity index (χ4n) is 1.70. The van der Waals surface area contributed by atoms with Crippen molar-refractivity contribution in [3.8, 4) is 0 Å². The number of hydrogen-bond acceptors (Lipinski definition) is 5. The minimum atomic E-state index is -3.54. The molecule has 1 N–H and O–H groups in total. The summed E-state index contributed by atoms with van der Waals surface area (Å²) in [6, 6.07) is 8.38. The number of sulfonamides is 1. The second kappa shape index (κ2) is 5.17. The lowest BCUT2D eigenvalue weighted by Gasteiger charge is -2.04. The Bertz CT molecular complexity index is 854. The van der Waals surface area contributed by atoms with Gasteiger partial charge in [-0.2, -0.15) is 0 Å². The molecule has 0 saturated heterocycles. The molecule has 1 aromatic carbocycles. The molecule has 0 unspecified atom stereocenters. The molecular formula is C12H9ClN2O3S2. The van der Waals surface area contributed by atoms with Gasteiger partial charge in [0.2, 0.25) is 10.0 Å². The Balaban J connectivity index is 1.78. The summed E-state index contributed by atoms with van der Waals surface area (Å²) in [7, 11) is -3.54. The number of thiophene rings is 1. The van der Waals surface area contributed by atoms with Gasteiger partial charge in [0.25, 0.3) is 0 Å². The van der Waals surface area contributed by atoms with E-state index in [4.69, 9.17) is 16.0 Å². The van der Waals surface area contributed by atoms with Gasteiger partial charge >= 0.3 is 0 Å². The summed E-state index contributed by atoms with van der Waals surface area (Å²) >= 11 is 6.76. The smallest absolute Gasteiger partial charge is 0.250 e. The van der Waals surface area contributed by atoms with Crippen LogP contribution in [0.15, 0.2) is 45.4 Å². The van der Waals surface area contributed by atoms with Gasteiger partial charge in [0.05, 0.1) is 4.34 Å². The van der Waals surface area contributed by atoms with E-state index in [9.17, 15) is 8.42 Å². The molecule has 3 aromatic rings. The van der Waals surface area contributed by atoms with E-state index in [1.807, 2.05) is 0 Å². The molecule has 8 heteroatoms. The Hall–Kier alpha value is -1.41. The van der Waals surface area contributed by atoms with Gasteiger partial charge in [-0.1, -0.05) is 17.7 Å². The lowest BCUT2D eigenvalue weighted by molar-refractivity contribution is 0.583. The number of nitrogens with one attached hydrogen (secondary N) is 1. The summed E-state index contributed by atoms with van der Waals surface area (Å²) in [6.07, 6.45) is 1.35. The Kier molecular flexibility index (Phi) is 3.51. The van der Waals surface area contributed by atoms with Crippen LogP contribution < -0.4 is 4.72 Å². The standard InChI is InChI=1S/C12H9ClN2O3S2/c13-11-3-4-12(19-11)20(16,17)15-6-8-1-2-9-10(5-8)18-7-14-9/h1-5,7,15H,6H2. The highest BCUT2D eigenvalue weighted by Gasteiger charge is 2.16. The van der Waals surface area contributed by atoms with E-state index in [0.717, 1.165) is 22.4 Å². The van der Waals surface area contributed by atoms with Crippen molar-refractivity contribution >= 4 is 44.1 Å². The minimum Gasteiger partial charge on any atom is -0.443 e. The van der Waals surface area contributed by atoms with Crippen LogP contribution >= 0.6 is 22.9 Å². The molecule has 0 radical (unpaired) electrons. The van der Waals surface area contributed by atoms with Crippen molar-refractivity contribution in [1.82, 2.24) is 9.71 Å². The first kappa shape index (κ1) is 13.6. The van der Waals surface area contributed by atoms with E-state index >= 15 is 0 Å². The predicted octanol–water partition coefficient (Wildman–Crippen LogP) is 3.02. The average Bonchev–Trinajstić information content (AvgIpc) is 3.04. The second-order valence-corrected chi connectivity index (χ2v) is 7.75. The van der Waals surface area contributed by atoms with E-state index < -0.39 is 10.0 Å². The zero-order valence-electron chi connectivity index (χ0n) is 10.0. The molecule has 0 atom stereocenters. The van der Waals surface area contributed by atoms with Crippen molar-refractivity contribution in [2.24, 2.45) is 0 Å². The number of nitrogens with zero attached hydrogens (tertiary/aromatic N) is 1. The van der Waals surface area contributed by atoms with Crippen LogP contribution in [-0.4, -0.2) is 13.4 Å². The molecule has 0 saturated carbocycles. The number of rotatable bonds is 4. The molecule has 0 aliphatic heterocycles. The normalized spacial score (nSPS) is 12.1.